The quantitative estimate of drug-likeness (QED) is 0.374. The Labute approximate surface area is 226 Å². The molecule has 0 aliphatic carbocycles. The second-order valence-corrected chi connectivity index (χ2v) is 10.3. The number of hydrogen-bond donors (Lipinski definition) is 2. The van der Waals surface area contributed by atoms with Crippen LogP contribution in [0.3, 0.4) is 0 Å². The van der Waals surface area contributed by atoms with Crippen LogP contribution in [0.15, 0.2) is 29.4 Å². The average molecular weight is 540 g/mol. The molecule has 208 valence electrons. The molecule has 3 N–H and O–H groups in total. The third kappa shape index (κ3) is 5.74. The van der Waals surface area contributed by atoms with Gasteiger partial charge in [0, 0.05) is 69.3 Å². The number of aliphatic imine (C=N–C) groups is 1. The number of ether oxygens (including phenoxy) is 2. The molecule has 0 radical (unpaired) electrons. The van der Waals surface area contributed by atoms with Crippen molar-refractivity contribution in [2.45, 2.75) is 26.4 Å². The van der Waals surface area contributed by atoms with Crippen LogP contribution in [-0.4, -0.2) is 78.8 Å². The number of rotatable bonds is 5. The number of carbonyl (C=O) groups excluding carboxylic acids is 2. The molecule has 3 aromatic rings. The van der Waals surface area contributed by atoms with Crippen molar-refractivity contribution < 1.29 is 23.5 Å². The number of nitrogens with two attached hydrogens (primary N) is 1. The van der Waals surface area contributed by atoms with Crippen molar-refractivity contribution >= 4 is 46.2 Å². The molecule has 1 aromatic heterocycles. The molecule has 12 heteroatoms. The minimum absolute atomic E-state index is 0.122. The molecule has 0 bridgehead atoms. The van der Waals surface area contributed by atoms with Crippen molar-refractivity contribution in [3.63, 3.8) is 0 Å². The Balaban J connectivity index is 1.58. The van der Waals surface area contributed by atoms with Gasteiger partial charge in [-0.25, -0.2) is 9.18 Å². The van der Waals surface area contributed by atoms with E-state index < -0.39 is 17.3 Å². The van der Waals surface area contributed by atoms with E-state index in [0.717, 1.165) is 5.69 Å². The van der Waals surface area contributed by atoms with E-state index in [-0.39, 0.29) is 34.3 Å². The van der Waals surface area contributed by atoms with Gasteiger partial charge in [0.05, 0.1) is 24.0 Å². The normalized spacial score (nSPS) is 14.2. The summed E-state index contributed by atoms with van der Waals surface area (Å²) in [6, 6.07) is 5.03. The van der Waals surface area contributed by atoms with Gasteiger partial charge in [-0.05, 0) is 39.0 Å². The monoisotopic (exact) mass is 539 g/mol. The highest BCUT2D eigenvalue weighted by molar-refractivity contribution is 6.12. The molecule has 0 atom stereocenters. The smallest absolute Gasteiger partial charge is 0.410 e. The number of nitrogen functional groups attached to an aromatic ring is 1. The third-order valence-electron chi connectivity index (χ3n) is 6.30. The molecule has 2 aromatic carbocycles. The number of aromatic nitrogens is 2. The van der Waals surface area contributed by atoms with Gasteiger partial charge in [0.25, 0.3) is 5.91 Å². The first-order valence-corrected chi connectivity index (χ1v) is 12.5. The van der Waals surface area contributed by atoms with Crippen LogP contribution >= 0.6 is 0 Å². The molecule has 0 saturated carbocycles. The summed E-state index contributed by atoms with van der Waals surface area (Å²) in [4.78, 5) is 33.7. The lowest BCUT2D eigenvalue weighted by molar-refractivity contribution is 0.0240. The van der Waals surface area contributed by atoms with Crippen molar-refractivity contribution in [1.29, 1.82) is 0 Å². The second-order valence-electron chi connectivity index (χ2n) is 10.3. The molecule has 1 saturated heterocycles. The first-order valence-electron chi connectivity index (χ1n) is 12.5. The fraction of sp³-hybridized carbons (Fsp3) is 0.407. The maximum Gasteiger partial charge on any atom is 0.410 e. The van der Waals surface area contributed by atoms with Gasteiger partial charge in [-0.2, -0.15) is 5.10 Å². The zero-order valence-electron chi connectivity index (χ0n) is 23.0. The Morgan fingerprint density at radius 2 is 1.90 bits per heavy atom. The minimum Gasteiger partial charge on any atom is -0.491 e. The van der Waals surface area contributed by atoms with Crippen LogP contribution in [0.2, 0.25) is 0 Å². The number of amides is 2. The van der Waals surface area contributed by atoms with Crippen LogP contribution in [-0.2, 0) is 11.8 Å². The summed E-state index contributed by atoms with van der Waals surface area (Å²) in [5.74, 6) is -1.32. The van der Waals surface area contributed by atoms with E-state index in [1.165, 1.54) is 11.8 Å². The minimum atomic E-state index is -0.668. The molecular weight excluding hydrogens is 505 g/mol. The van der Waals surface area contributed by atoms with Crippen LogP contribution in [0.25, 0.3) is 10.9 Å². The van der Waals surface area contributed by atoms with Crippen LogP contribution in [0.4, 0.5) is 26.2 Å². The molecule has 4 rings (SSSR count). The van der Waals surface area contributed by atoms with Crippen molar-refractivity contribution in [3.8, 4) is 5.75 Å². The van der Waals surface area contributed by atoms with Gasteiger partial charge in [0.15, 0.2) is 11.6 Å². The average Bonchev–Trinajstić information content (AvgIpc) is 3.25. The number of fused-ring (bicyclic) bond motifs is 1. The lowest BCUT2D eigenvalue weighted by atomic mass is 10.0. The predicted octanol–water partition coefficient (Wildman–Crippen LogP) is 3.66. The van der Waals surface area contributed by atoms with Gasteiger partial charge in [-0.3, -0.25) is 14.5 Å². The van der Waals surface area contributed by atoms with Crippen molar-refractivity contribution in [2.75, 3.05) is 56.3 Å². The number of hydrogen-bond acceptors (Lipinski definition) is 8. The Hall–Kier alpha value is -4.35. The number of nitrogens with one attached hydrogen (secondary N) is 1. The maximum absolute atomic E-state index is 15.0. The number of halogens is 1. The van der Waals surface area contributed by atoms with E-state index in [1.54, 1.807) is 49.6 Å². The summed E-state index contributed by atoms with van der Waals surface area (Å²) >= 11 is 0. The maximum atomic E-state index is 15.0. The number of carbonyl (C=O) groups is 2. The number of anilines is 3. The van der Waals surface area contributed by atoms with E-state index >= 15 is 4.39 Å². The van der Waals surface area contributed by atoms with Gasteiger partial charge >= 0.3 is 6.09 Å². The largest absolute Gasteiger partial charge is 0.491 e. The van der Waals surface area contributed by atoms with E-state index in [1.807, 2.05) is 20.8 Å². The molecule has 2 amide bonds. The zero-order valence-corrected chi connectivity index (χ0v) is 23.0. The van der Waals surface area contributed by atoms with Gasteiger partial charge in [-0.1, -0.05) is 0 Å². The van der Waals surface area contributed by atoms with E-state index in [2.05, 4.69) is 20.3 Å². The highest BCUT2D eigenvalue weighted by Gasteiger charge is 2.28. The summed E-state index contributed by atoms with van der Waals surface area (Å²) in [6.07, 6.45) is 2.90. The number of methoxy groups -OCH3 is 1. The van der Waals surface area contributed by atoms with Gasteiger partial charge in [0.2, 0.25) is 0 Å². The fourth-order valence-corrected chi connectivity index (χ4v) is 4.53. The topological polar surface area (TPSA) is 127 Å². The van der Waals surface area contributed by atoms with Gasteiger partial charge in [0.1, 0.15) is 11.1 Å². The lowest BCUT2D eigenvalue weighted by Crippen LogP contribution is -2.50. The van der Waals surface area contributed by atoms with Crippen LogP contribution < -0.4 is 20.7 Å². The van der Waals surface area contributed by atoms with Gasteiger partial charge in [-0.15, -0.1) is 0 Å². The van der Waals surface area contributed by atoms with Crippen LogP contribution in [0, 0.1) is 5.82 Å². The highest BCUT2D eigenvalue weighted by atomic mass is 19.1. The second kappa shape index (κ2) is 10.8. The first-order chi connectivity index (χ1) is 18.4. The number of piperazine rings is 1. The molecular formula is C27H34FN7O4. The molecule has 2 heterocycles. The van der Waals surface area contributed by atoms with Gasteiger partial charge < -0.3 is 30.3 Å². The molecule has 39 heavy (non-hydrogen) atoms. The SMILES string of the molecule is CN=Cc1c(N2CCN(C(=O)OC(C)(C)C)CC2)ccc(C(=O)Nc2cc3cn(C)nc3c(F)c2OC)c1N. The van der Waals surface area contributed by atoms with E-state index in [4.69, 9.17) is 15.2 Å². The molecule has 1 aliphatic rings. The molecule has 11 nitrogen and oxygen atoms in total. The third-order valence-corrected chi connectivity index (χ3v) is 6.30. The summed E-state index contributed by atoms with van der Waals surface area (Å²) in [5.41, 5.74) is 8.03. The van der Waals surface area contributed by atoms with Crippen molar-refractivity contribution in [2.24, 2.45) is 12.0 Å². The van der Waals surface area contributed by atoms with Crippen LogP contribution in [0.1, 0.15) is 36.7 Å². The highest BCUT2D eigenvalue weighted by Crippen LogP contribution is 2.35. The summed E-state index contributed by atoms with van der Waals surface area (Å²) < 4.78 is 27.2. The number of benzene rings is 2. The van der Waals surface area contributed by atoms with E-state index in [0.29, 0.717) is 37.1 Å². The summed E-state index contributed by atoms with van der Waals surface area (Å²) in [5, 5.41) is 7.35. The van der Waals surface area contributed by atoms with Crippen molar-refractivity contribution in [1.82, 2.24) is 14.7 Å². The fourth-order valence-electron chi connectivity index (χ4n) is 4.53. The number of nitrogens with zero attached hydrogens (tertiary/aromatic N) is 5. The molecule has 0 spiro atoms. The van der Waals surface area contributed by atoms with E-state index in [9.17, 15) is 9.59 Å². The predicted molar refractivity (Wildman–Crippen MR) is 150 cm³/mol. The molecule has 0 unspecified atom stereocenters. The Bertz CT molecular complexity index is 1440. The Morgan fingerprint density at radius 1 is 1.21 bits per heavy atom. The molecule has 1 aliphatic heterocycles. The Morgan fingerprint density at radius 3 is 2.51 bits per heavy atom. The summed E-state index contributed by atoms with van der Waals surface area (Å²) in [7, 11) is 4.62. The first kappa shape index (κ1) is 27.7. The standard InChI is InChI=1S/C27H34FN7O4/c1-27(2,3)39-26(37)35-11-9-34(10-12-35)20-8-7-17(22(29)18(20)14-30-4)25(36)31-19-13-16-15-33(5)32-23(16)21(28)24(19)38-6/h7-8,13-15H,9-12,29H2,1-6H3,(H,31,36). The lowest BCUT2D eigenvalue weighted by Gasteiger charge is -2.37. The summed E-state index contributed by atoms with van der Waals surface area (Å²) in [6.45, 7) is 7.56. The zero-order chi connectivity index (χ0) is 28.5. The number of aryl methyl sites for hydroxylation is 1. The Kier molecular flexibility index (Phi) is 7.66. The molecule has 1 fully saturated rings. The van der Waals surface area contributed by atoms with Crippen molar-refractivity contribution in [3.05, 3.63) is 41.3 Å². The van der Waals surface area contributed by atoms with Crippen LogP contribution in [0.5, 0.6) is 5.75 Å².